The summed E-state index contributed by atoms with van der Waals surface area (Å²) in [7, 11) is 0. The minimum Gasteiger partial charge on any atom is -0.480 e. The van der Waals surface area contributed by atoms with E-state index in [0.717, 1.165) is 5.56 Å². The summed E-state index contributed by atoms with van der Waals surface area (Å²) in [4.78, 5) is 32.0. The Morgan fingerprint density at radius 3 is 2.76 bits per heavy atom. The summed E-state index contributed by atoms with van der Waals surface area (Å²) in [5, 5.41) is 21.9. The Hall–Kier alpha value is -2.09. The SMILES string of the molecule is CC(=O)NC(CCSCc1cccc([N+](=O)[O-])c1)C(=O)O. The number of carbonyl (C=O) groups excluding carboxylic acids is 1. The van der Waals surface area contributed by atoms with Gasteiger partial charge in [0.1, 0.15) is 6.04 Å². The number of non-ortho nitro benzene ring substituents is 1. The molecule has 1 aromatic carbocycles. The van der Waals surface area contributed by atoms with E-state index < -0.39 is 16.9 Å². The molecule has 0 saturated heterocycles. The van der Waals surface area contributed by atoms with Crippen LogP contribution < -0.4 is 5.32 Å². The average molecular weight is 312 g/mol. The van der Waals surface area contributed by atoms with Gasteiger partial charge in [0.05, 0.1) is 4.92 Å². The maximum Gasteiger partial charge on any atom is 0.326 e. The van der Waals surface area contributed by atoms with Crippen molar-refractivity contribution in [2.45, 2.75) is 25.1 Å². The highest BCUT2D eigenvalue weighted by atomic mass is 32.2. The summed E-state index contributed by atoms with van der Waals surface area (Å²) >= 11 is 1.46. The summed E-state index contributed by atoms with van der Waals surface area (Å²) in [5.74, 6) is -0.374. The third-order valence-electron chi connectivity index (χ3n) is 2.62. The number of aliphatic carboxylic acids is 1. The second-order valence-corrected chi connectivity index (χ2v) is 5.46. The number of hydrogen-bond acceptors (Lipinski definition) is 5. The first-order valence-electron chi connectivity index (χ1n) is 6.21. The highest BCUT2D eigenvalue weighted by Gasteiger charge is 2.17. The molecule has 0 aromatic heterocycles. The Labute approximate surface area is 125 Å². The summed E-state index contributed by atoms with van der Waals surface area (Å²) in [6.45, 7) is 1.27. The molecule has 21 heavy (non-hydrogen) atoms. The van der Waals surface area contributed by atoms with Gasteiger partial charge >= 0.3 is 5.97 Å². The molecule has 1 unspecified atom stereocenters. The van der Waals surface area contributed by atoms with Gasteiger partial charge in [-0.05, 0) is 17.7 Å². The van der Waals surface area contributed by atoms with Gasteiger partial charge in [-0.1, -0.05) is 12.1 Å². The summed E-state index contributed by atoms with van der Waals surface area (Å²) in [6.07, 6.45) is 0.300. The molecular formula is C13H16N2O5S. The number of nitro benzene ring substituents is 1. The van der Waals surface area contributed by atoms with Crippen LogP contribution >= 0.6 is 11.8 Å². The molecule has 0 fully saturated rings. The Balaban J connectivity index is 2.42. The van der Waals surface area contributed by atoms with Crippen molar-refractivity contribution in [2.75, 3.05) is 5.75 Å². The normalized spacial score (nSPS) is 11.7. The second-order valence-electron chi connectivity index (χ2n) is 4.36. The lowest BCUT2D eigenvalue weighted by Crippen LogP contribution is -2.39. The number of nitrogens with zero attached hydrogens (tertiary/aromatic N) is 1. The van der Waals surface area contributed by atoms with E-state index in [9.17, 15) is 19.7 Å². The number of amides is 1. The summed E-state index contributed by atoms with van der Waals surface area (Å²) in [5.41, 5.74) is 0.843. The molecule has 2 N–H and O–H groups in total. The molecule has 114 valence electrons. The number of rotatable bonds is 8. The van der Waals surface area contributed by atoms with E-state index in [-0.39, 0.29) is 11.6 Å². The largest absolute Gasteiger partial charge is 0.480 e. The Kier molecular flexibility index (Phi) is 6.67. The van der Waals surface area contributed by atoms with E-state index in [2.05, 4.69) is 5.32 Å². The van der Waals surface area contributed by atoms with Crippen LogP contribution in [0.15, 0.2) is 24.3 Å². The van der Waals surface area contributed by atoms with E-state index in [1.165, 1.54) is 30.8 Å². The predicted octanol–water partition coefficient (Wildman–Crippen LogP) is 1.81. The first-order valence-corrected chi connectivity index (χ1v) is 7.36. The zero-order chi connectivity index (χ0) is 15.8. The van der Waals surface area contributed by atoms with Crippen LogP contribution in [-0.4, -0.2) is 33.7 Å². The standard InChI is InChI=1S/C13H16N2O5S/c1-9(16)14-12(13(17)18)5-6-21-8-10-3-2-4-11(7-10)15(19)20/h2-4,7,12H,5-6,8H2,1H3,(H,14,16)(H,17,18). The molecule has 0 radical (unpaired) electrons. The molecular weight excluding hydrogens is 296 g/mol. The maximum atomic E-state index is 10.9. The number of nitro groups is 1. The van der Waals surface area contributed by atoms with Gasteiger partial charge in [-0.25, -0.2) is 4.79 Å². The smallest absolute Gasteiger partial charge is 0.326 e. The van der Waals surface area contributed by atoms with Crippen LogP contribution in [0.5, 0.6) is 0 Å². The van der Waals surface area contributed by atoms with Gasteiger partial charge in [-0.2, -0.15) is 11.8 Å². The van der Waals surface area contributed by atoms with Crippen molar-refractivity contribution in [1.29, 1.82) is 0 Å². The van der Waals surface area contributed by atoms with E-state index in [0.29, 0.717) is 17.9 Å². The lowest BCUT2D eigenvalue weighted by molar-refractivity contribution is -0.384. The quantitative estimate of drug-likeness (QED) is 0.430. The molecule has 0 aliphatic rings. The van der Waals surface area contributed by atoms with Crippen molar-refractivity contribution < 1.29 is 19.6 Å². The van der Waals surface area contributed by atoms with Crippen LogP contribution in [0.3, 0.4) is 0 Å². The van der Waals surface area contributed by atoms with E-state index in [1.54, 1.807) is 12.1 Å². The number of carbonyl (C=O) groups is 2. The maximum absolute atomic E-state index is 10.9. The number of nitrogens with one attached hydrogen (secondary N) is 1. The zero-order valence-electron chi connectivity index (χ0n) is 11.4. The van der Waals surface area contributed by atoms with Crippen LogP contribution in [0.25, 0.3) is 0 Å². The first kappa shape index (κ1) is 17.0. The molecule has 1 atom stereocenters. The van der Waals surface area contributed by atoms with Crippen molar-refractivity contribution in [2.24, 2.45) is 0 Å². The molecule has 0 spiro atoms. The van der Waals surface area contributed by atoms with Crippen molar-refractivity contribution >= 4 is 29.3 Å². The predicted molar refractivity (Wildman–Crippen MR) is 79.1 cm³/mol. The van der Waals surface area contributed by atoms with Gasteiger partial charge in [0, 0.05) is 24.8 Å². The summed E-state index contributed by atoms with van der Waals surface area (Å²) in [6, 6.07) is 5.41. The van der Waals surface area contributed by atoms with Crippen LogP contribution in [-0.2, 0) is 15.3 Å². The van der Waals surface area contributed by atoms with E-state index in [1.807, 2.05) is 0 Å². The van der Waals surface area contributed by atoms with Gasteiger partial charge in [-0.15, -0.1) is 0 Å². The highest BCUT2D eigenvalue weighted by molar-refractivity contribution is 7.98. The van der Waals surface area contributed by atoms with Crippen molar-refractivity contribution in [3.8, 4) is 0 Å². The number of thioether (sulfide) groups is 1. The van der Waals surface area contributed by atoms with E-state index in [4.69, 9.17) is 5.11 Å². The van der Waals surface area contributed by atoms with Gasteiger partial charge in [0.2, 0.25) is 5.91 Å². The van der Waals surface area contributed by atoms with Gasteiger partial charge in [0.25, 0.3) is 5.69 Å². The van der Waals surface area contributed by atoms with Crippen LogP contribution in [0.2, 0.25) is 0 Å². The van der Waals surface area contributed by atoms with Crippen molar-refractivity contribution in [3.63, 3.8) is 0 Å². The molecule has 7 nitrogen and oxygen atoms in total. The lowest BCUT2D eigenvalue weighted by atomic mass is 10.2. The Morgan fingerprint density at radius 2 is 2.19 bits per heavy atom. The van der Waals surface area contributed by atoms with Gasteiger partial charge in [-0.3, -0.25) is 14.9 Å². The van der Waals surface area contributed by atoms with Gasteiger partial charge < -0.3 is 10.4 Å². The third-order valence-corrected chi connectivity index (χ3v) is 3.68. The van der Waals surface area contributed by atoms with Crippen molar-refractivity contribution in [1.82, 2.24) is 5.32 Å². The average Bonchev–Trinajstić information content (AvgIpc) is 2.41. The molecule has 1 rings (SSSR count). The topological polar surface area (TPSA) is 110 Å². The fourth-order valence-electron chi connectivity index (χ4n) is 1.65. The van der Waals surface area contributed by atoms with Crippen LogP contribution in [0, 0.1) is 10.1 Å². The number of benzene rings is 1. The monoisotopic (exact) mass is 312 g/mol. The van der Waals surface area contributed by atoms with Crippen LogP contribution in [0.4, 0.5) is 5.69 Å². The molecule has 1 amide bonds. The molecule has 8 heteroatoms. The Morgan fingerprint density at radius 1 is 1.48 bits per heavy atom. The molecule has 0 bridgehead atoms. The minimum atomic E-state index is -1.07. The molecule has 0 aliphatic heterocycles. The fourth-order valence-corrected chi connectivity index (χ4v) is 2.62. The van der Waals surface area contributed by atoms with Crippen LogP contribution in [0.1, 0.15) is 18.9 Å². The number of carboxylic acids is 1. The fraction of sp³-hybridized carbons (Fsp3) is 0.385. The van der Waals surface area contributed by atoms with Crippen molar-refractivity contribution in [3.05, 3.63) is 39.9 Å². The van der Waals surface area contributed by atoms with E-state index >= 15 is 0 Å². The molecule has 1 aromatic rings. The Bertz CT molecular complexity index is 535. The summed E-state index contributed by atoms with van der Waals surface area (Å²) < 4.78 is 0. The number of hydrogen-bond donors (Lipinski definition) is 2. The molecule has 0 heterocycles. The lowest BCUT2D eigenvalue weighted by Gasteiger charge is -2.12. The van der Waals surface area contributed by atoms with Gasteiger partial charge in [0.15, 0.2) is 0 Å². The molecule has 0 aliphatic carbocycles. The molecule has 0 saturated carbocycles. The highest BCUT2D eigenvalue weighted by Crippen LogP contribution is 2.18. The first-order chi connectivity index (χ1) is 9.90. The second kappa shape index (κ2) is 8.25. The number of carboxylic acid groups (broad SMARTS) is 1. The zero-order valence-corrected chi connectivity index (χ0v) is 12.3. The third kappa shape index (κ3) is 6.26. The minimum absolute atomic E-state index is 0.0368.